The monoisotopic (exact) mass is 382 g/mol. The molecule has 1 amide bonds. The van der Waals surface area contributed by atoms with Crippen molar-refractivity contribution < 1.29 is 36.8 Å². The van der Waals surface area contributed by atoms with Crippen molar-refractivity contribution in [3.8, 4) is 5.75 Å². The number of hydrogen-bond acceptors (Lipinski definition) is 5. The van der Waals surface area contributed by atoms with Crippen LogP contribution in [0.15, 0.2) is 18.2 Å². The van der Waals surface area contributed by atoms with Crippen LogP contribution in [-0.4, -0.2) is 41.1 Å². The zero-order chi connectivity index (χ0) is 20.3. The van der Waals surface area contributed by atoms with Crippen LogP contribution >= 0.6 is 0 Å². The summed E-state index contributed by atoms with van der Waals surface area (Å²) in [4.78, 5) is 22.9. The molecule has 0 saturated heterocycles. The Morgan fingerprint density at radius 2 is 1.88 bits per heavy atom. The summed E-state index contributed by atoms with van der Waals surface area (Å²) < 4.78 is 60.1. The molecule has 1 aromatic rings. The average Bonchev–Trinajstić information content (AvgIpc) is 2.46. The van der Waals surface area contributed by atoms with Gasteiger partial charge < -0.3 is 14.4 Å². The Morgan fingerprint density at radius 1 is 1.31 bits per heavy atom. The first kappa shape index (κ1) is 21.5. The number of non-ortho nitro benzene ring substituents is 1. The SMILES string of the molecule is CN(Cc1cc([N+](=O)[O-])ccc1OC(F)(F)C(F)F)C(=O)OC(C)(C)C. The number of carbonyl (C=O) groups is 1. The van der Waals surface area contributed by atoms with Crippen molar-refractivity contribution in [3.05, 3.63) is 33.9 Å². The molecule has 0 aliphatic rings. The minimum atomic E-state index is -4.80. The number of amides is 1. The van der Waals surface area contributed by atoms with Gasteiger partial charge in [0.15, 0.2) is 0 Å². The molecule has 0 fully saturated rings. The van der Waals surface area contributed by atoms with E-state index in [0.717, 1.165) is 23.1 Å². The molecule has 0 N–H and O–H groups in total. The highest BCUT2D eigenvalue weighted by Gasteiger charge is 2.44. The number of ether oxygens (including phenoxy) is 2. The van der Waals surface area contributed by atoms with Crippen LogP contribution in [0.1, 0.15) is 26.3 Å². The average molecular weight is 382 g/mol. The molecule has 0 aromatic heterocycles. The summed E-state index contributed by atoms with van der Waals surface area (Å²) in [5.74, 6) is -0.712. The number of nitro benzene ring substituents is 1. The summed E-state index contributed by atoms with van der Waals surface area (Å²) in [6, 6.07) is 2.46. The maximum Gasteiger partial charge on any atom is 0.461 e. The Kier molecular flexibility index (Phi) is 6.39. The van der Waals surface area contributed by atoms with Gasteiger partial charge in [-0.3, -0.25) is 10.1 Å². The van der Waals surface area contributed by atoms with E-state index in [2.05, 4.69) is 4.74 Å². The molecule has 26 heavy (non-hydrogen) atoms. The summed E-state index contributed by atoms with van der Waals surface area (Å²) in [7, 11) is 1.25. The lowest BCUT2D eigenvalue weighted by Gasteiger charge is -2.25. The quantitative estimate of drug-likeness (QED) is 0.418. The second kappa shape index (κ2) is 7.75. The van der Waals surface area contributed by atoms with E-state index < -0.39 is 47.1 Å². The van der Waals surface area contributed by atoms with Crippen LogP contribution in [0, 0.1) is 10.1 Å². The molecular formula is C15H18F4N2O5. The number of nitro groups is 1. The van der Waals surface area contributed by atoms with Crippen molar-refractivity contribution in [2.75, 3.05) is 7.05 Å². The largest absolute Gasteiger partial charge is 0.461 e. The minimum Gasteiger partial charge on any atom is -0.444 e. The third-order valence-electron chi connectivity index (χ3n) is 2.87. The van der Waals surface area contributed by atoms with Gasteiger partial charge in [0.2, 0.25) is 0 Å². The zero-order valence-electron chi connectivity index (χ0n) is 14.5. The van der Waals surface area contributed by atoms with Gasteiger partial charge >= 0.3 is 18.6 Å². The van der Waals surface area contributed by atoms with E-state index in [1.807, 2.05) is 0 Å². The van der Waals surface area contributed by atoms with Gasteiger partial charge in [0, 0.05) is 24.7 Å². The fourth-order valence-corrected chi connectivity index (χ4v) is 1.75. The molecule has 0 atom stereocenters. The predicted molar refractivity (Wildman–Crippen MR) is 82.4 cm³/mol. The smallest absolute Gasteiger partial charge is 0.444 e. The Morgan fingerprint density at radius 3 is 2.35 bits per heavy atom. The summed E-state index contributed by atoms with van der Waals surface area (Å²) in [5, 5.41) is 10.9. The molecule has 0 aliphatic heterocycles. The molecule has 1 rings (SSSR count). The molecule has 146 valence electrons. The topological polar surface area (TPSA) is 81.9 Å². The van der Waals surface area contributed by atoms with Crippen molar-refractivity contribution in [3.63, 3.8) is 0 Å². The van der Waals surface area contributed by atoms with Gasteiger partial charge in [-0.25, -0.2) is 4.79 Å². The fourth-order valence-electron chi connectivity index (χ4n) is 1.75. The van der Waals surface area contributed by atoms with E-state index in [-0.39, 0.29) is 5.56 Å². The molecule has 0 unspecified atom stereocenters. The molecule has 0 radical (unpaired) electrons. The molecule has 11 heteroatoms. The second-order valence-corrected chi connectivity index (χ2v) is 6.35. The number of nitrogens with zero attached hydrogens (tertiary/aromatic N) is 2. The Labute approximate surface area is 146 Å². The van der Waals surface area contributed by atoms with E-state index in [1.165, 1.54) is 7.05 Å². The van der Waals surface area contributed by atoms with E-state index in [1.54, 1.807) is 20.8 Å². The number of alkyl halides is 4. The number of hydrogen-bond donors (Lipinski definition) is 0. The Balaban J connectivity index is 3.14. The van der Waals surface area contributed by atoms with Crippen molar-refractivity contribution in [1.29, 1.82) is 0 Å². The van der Waals surface area contributed by atoms with E-state index >= 15 is 0 Å². The Bertz CT molecular complexity index is 676. The lowest BCUT2D eigenvalue weighted by atomic mass is 10.1. The van der Waals surface area contributed by atoms with Crippen molar-refractivity contribution >= 4 is 11.8 Å². The predicted octanol–water partition coefficient (Wildman–Crippen LogP) is 4.20. The first-order valence-corrected chi connectivity index (χ1v) is 7.29. The van der Waals surface area contributed by atoms with Crippen LogP contribution < -0.4 is 4.74 Å². The van der Waals surface area contributed by atoms with Crippen molar-refractivity contribution in [2.24, 2.45) is 0 Å². The summed E-state index contributed by atoms with van der Waals surface area (Å²) >= 11 is 0. The lowest BCUT2D eigenvalue weighted by molar-refractivity contribution is -0.385. The molecule has 7 nitrogen and oxygen atoms in total. The van der Waals surface area contributed by atoms with Crippen LogP contribution in [0.4, 0.5) is 28.0 Å². The number of carbonyl (C=O) groups excluding carboxylic acids is 1. The third-order valence-corrected chi connectivity index (χ3v) is 2.87. The highest BCUT2D eigenvalue weighted by Crippen LogP contribution is 2.32. The van der Waals surface area contributed by atoms with Crippen LogP contribution in [0.3, 0.4) is 0 Å². The van der Waals surface area contributed by atoms with Crippen LogP contribution in [-0.2, 0) is 11.3 Å². The van der Waals surface area contributed by atoms with Gasteiger partial charge in [0.05, 0.1) is 11.5 Å². The summed E-state index contributed by atoms with van der Waals surface area (Å²) in [6.45, 7) is 4.36. The van der Waals surface area contributed by atoms with Crippen LogP contribution in [0.2, 0.25) is 0 Å². The zero-order valence-corrected chi connectivity index (χ0v) is 14.5. The second-order valence-electron chi connectivity index (χ2n) is 6.35. The van der Waals surface area contributed by atoms with Crippen molar-refractivity contribution in [1.82, 2.24) is 4.90 Å². The number of halogens is 4. The number of benzene rings is 1. The first-order chi connectivity index (χ1) is 11.7. The first-order valence-electron chi connectivity index (χ1n) is 7.29. The van der Waals surface area contributed by atoms with Crippen LogP contribution in [0.25, 0.3) is 0 Å². The highest BCUT2D eigenvalue weighted by atomic mass is 19.3. The van der Waals surface area contributed by atoms with Crippen LogP contribution in [0.5, 0.6) is 5.75 Å². The summed E-state index contributed by atoms with van der Waals surface area (Å²) in [5.41, 5.74) is -1.58. The molecule has 0 saturated carbocycles. The Hall–Kier alpha value is -2.59. The highest BCUT2D eigenvalue weighted by molar-refractivity contribution is 5.68. The molecular weight excluding hydrogens is 364 g/mol. The molecule has 1 aromatic carbocycles. The van der Waals surface area contributed by atoms with E-state index in [0.29, 0.717) is 0 Å². The van der Waals surface area contributed by atoms with Gasteiger partial charge in [0.25, 0.3) is 5.69 Å². The molecule has 0 heterocycles. The number of rotatable bonds is 6. The van der Waals surface area contributed by atoms with Gasteiger partial charge in [-0.1, -0.05) is 0 Å². The minimum absolute atomic E-state index is 0.257. The standard InChI is InChI=1S/C15H18F4N2O5/c1-14(2,3)26-13(22)20(4)8-9-7-10(21(23)24)5-6-11(9)25-15(18,19)12(16)17/h5-7,12H,8H2,1-4H3. The maximum atomic E-state index is 13.2. The third kappa shape index (κ3) is 6.05. The van der Waals surface area contributed by atoms with Gasteiger partial charge in [0.1, 0.15) is 11.4 Å². The van der Waals surface area contributed by atoms with Crippen molar-refractivity contribution in [2.45, 2.75) is 45.5 Å². The van der Waals surface area contributed by atoms with E-state index in [9.17, 15) is 32.5 Å². The van der Waals surface area contributed by atoms with Gasteiger partial charge in [-0.05, 0) is 26.8 Å². The van der Waals surface area contributed by atoms with Gasteiger partial charge in [-0.15, -0.1) is 0 Å². The molecule has 0 spiro atoms. The lowest BCUT2D eigenvalue weighted by Crippen LogP contribution is -2.35. The maximum absolute atomic E-state index is 13.2. The summed E-state index contributed by atoms with van der Waals surface area (Å²) in [6.07, 6.45) is -9.74. The van der Waals surface area contributed by atoms with Gasteiger partial charge in [-0.2, -0.15) is 17.6 Å². The molecule has 0 bridgehead atoms. The van der Waals surface area contributed by atoms with E-state index in [4.69, 9.17) is 4.74 Å². The molecule has 0 aliphatic carbocycles. The normalized spacial score (nSPS) is 12.0. The fraction of sp³-hybridized carbons (Fsp3) is 0.533.